The van der Waals surface area contributed by atoms with E-state index in [0.29, 0.717) is 5.92 Å². The molecule has 1 aromatic heterocycles. The van der Waals surface area contributed by atoms with Gasteiger partial charge in [0, 0.05) is 10.8 Å². The molecule has 0 bridgehead atoms. The standard InChI is InChI=1S/C33H45N3O3/c1-21(37)15-25-31(7)16-22(19-34)26(38)29(4,5)24(31)9-10-32(25,8)30(6)12-14-33(27-36-35-20-39-27)13-11-28(2,3)17-23(33)18-30/h15-16,20,23-24H,9-14,17-18H2,1-8H3/b25-15-/t23?,24-,30+,31-,32+,33-/m0/s1. The van der Waals surface area contributed by atoms with E-state index in [2.05, 4.69) is 50.9 Å². The van der Waals surface area contributed by atoms with Crippen molar-refractivity contribution in [3.8, 4) is 6.07 Å². The summed E-state index contributed by atoms with van der Waals surface area (Å²) in [5.41, 5.74) is -0.0635. The highest BCUT2D eigenvalue weighted by molar-refractivity contribution is 6.04. The van der Waals surface area contributed by atoms with E-state index in [4.69, 9.17) is 4.42 Å². The third-order valence-corrected chi connectivity index (χ3v) is 12.2. The van der Waals surface area contributed by atoms with Crippen LogP contribution in [0.2, 0.25) is 0 Å². The molecule has 0 aliphatic heterocycles. The first-order chi connectivity index (χ1) is 18.0. The van der Waals surface area contributed by atoms with Crippen LogP contribution < -0.4 is 0 Å². The van der Waals surface area contributed by atoms with Gasteiger partial charge in [0.2, 0.25) is 12.3 Å². The largest absolute Gasteiger partial charge is 0.427 e. The van der Waals surface area contributed by atoms with Gasteiger partial charge in [0.05, 0.1) is 11.0 Å². The van der Waals surface area contributed by atoms with E-state index >= 15 is 0 Å². The second-order valence-corrected chi connectivity index (χ2v) is 15.3. The third-order valence-electron chi connectivity index (χ3n) is 12.2. The van der Waals surface area contributed by atoms with Crippen molar-refractivity contribution in [3.63, 3.8) is 0 Å². The van der Waals surface area contributed by atoms with Crippen LogP contribution in [0.15, 0.2) is 34.1 Å². The summed E-state index contributed by atoms with van der Waals surface area (Å²) in [5, 5.41) is 18.5. The number of fused-ring (bicyclic) bond motifs is 2. The minimum atomic E-state index is -0.667. The Bertz CT molecular complexity index is 1300. The lowest BCUT2D eigenvalue weighted by atomic mass is 9.38. The summed E-state index contributed by atoms with van der Waals surface area (Å²) in [6.45, 7) is 17.3. The normalized spacial score (nSPS) is 42.2. The van der Waals surface area contributed by atoms with Crippen molar-refractivity contribution in [1.29, 1.82) is 5.26 Å². The van der Waals surface area contributed by atoms with Gasteiger partial charge in [-0.15, -0.1) is 10.2 Å². The minimum Gasteiger partial charge on any atom is -0.427 e. The molecule has 0 aromatic carbocycles. The number of carbonyl (C=O) groups is 2. The Morgan fingerprint density at radius 2 is 1.74 bits per heavy atom. The van der Waals surface area contributed by atoms with Crippen molar-refractivity contribution in [2.75, 3.05) is 0 Å². The van der Waals surface area contributed by atoms with E-state index in [0.717, 1.165) is 62.8 Å². The molecule has 5 rings (SSSR count). The Balaban J connectivity index is 1.63. The Kier molecular flexibility index (Phi) is 6.26. The van der Waals surface area contributed by atoms with Crippen LogP contribution in [0.3, 0.4) is 0 Å². The molecular formula is C33H45N3O3. The van der Waals surface area contributed by atoms with Gasteiger partial charge in [-0.05, 0) is 92.4 Å². The lowest BCUT2D eigenvalue weighted by molar-refractivity contribution is -0.133. The summed E-state index contributed by atoms with van der Waals surface area (Å²) in [6, 6.07) is 2.20. The number of hydrogen-bond donors (Lipinski definition) is 0. The van der Waals surface area contributed by atoms with Crippen LogP contribution in [0.4, 0.5) is 0 Å². The van der Waals surface area contributed by atoms with Gasteiger partial charge in [-0.2, -0.15) is 5.26 Å². The summed E-state index contributed by atoms with van der Waals surface area (Å²) in [7, 11) is 0. The molecule has 4 aliphatic rings. The molecule has 4 aliphatic carbocycles. The van der Waals surface area contributed by atoms with E-state index in [1.807, 2.05) is 26.0 Å². The molecule has 3 saturated carbocycles. The number of rotatable bonds is 3. The van der Waals surface area contributed by atoms with Gasteiger partial charge in [-0.3, -0.25) is 9.59 Å². The number of Topliss-reactive ketones (excluding diaryl/α,β-unsaturated/α-hetero) is 1. The van der Waals surface area contributed by atoms with Gasteiger partial charge in [-0.25, -0.2) is 0 Å². The molecule has 1 heterocycles. The summed E-state index contributed by atoms with van der Waals surface area (Å²) in [4.78, 5) is 26.1. The van der Waals surface area contributed by atoms with E-state index < -0.39 is 10.8 Å². The molecule has 0 spiro atoms. The highest BCUT2D eigenvalue weighted by Crippen LogP contribution is 2.71. The molecule has 0 amide bonds. The number of hydrogen-bond acceptors (Lipinski definition) is 6. The number of aromatic nitrogens is 2. The Hall–Kier alpha value is -2.55. The maximum Gasteiger partial charge on any atom is 0.222 e. The monoisotopic (exact) mass is 531 g/mol. The van der Waals surface area contributed by atoms with Crippen molar-refractivity contribution < 1.29 is 14.0 Å². The van der Waals surface area contributed by atoms with Crippen molar-refractivity contribution in [3.05, 3.63) is 35.6 Å². The van der Waals surface area contributed by atoms with Crippen LogP contribution in [-0.2, 0) is 15.0 Å². The minimum absolute atomic E-state index is 0.0260. The van der Waals surface area contributed by atoms with E-state index in [9.17, 15) is 14.9 Å². The molecule has 6 heteroatoms. The highest BCUT2D eigenvalue weighted by Gasteiger charge is 2.65. The second-order valence-electron chi connectivity index (χ2n) is 15.3. The first kappa shape index (κ1) is 28.0. The van der Waals surface area contributed by atoms with Crippen LogP contribution in [0.5, 0.6) is 0 Å². The Morgan fingerprint density at radius 1 is 1.05 bits per heavy atom. The molecule has 6 nitrogen and oxygen atoms in total. The average Bonchev–Trinajstić information content (AvgIpc) is 3.39. The molecule has 6 atom stereocenters. The third kappa shape index (κ3) is 3.93. The van der Waals surface area contributed by atoms with Crippen LogP contribution in [-0.4, -0.2) is 21.8 Å². The van der Waals surface area contributed by atoms with Gasteiger partial charge in [0.25, 0.3) is 0 Å². The fraction of sp³-hybridized carbons (Fsp3) is 0.727. The topological polar surface area (TPSA) is 96.8 Å². The van der Waals surface area contributed by atoms with Crippen molar-refractivity contribution >= 4 is 11.6 Å². The SMILES string of the molecule is CC(=O)/C=C1/[C@@]2(C)C=C(C#N)C(=O)C(C)(C)[C@@H]2CC[C@@]1(C)[C@]1(C)CC[C@@]2(c3nnco3)CCC(C)(C)CC2C1. The summed E-state index contributed by atoms with van der Waals surface area (Å²) < 4.78 is 5.91. The fourth-order valence-corrected chi connectivity index (χ4v) is 9.79. The molecule has 0 N–H and O–H groups in total. The number of nitriles is 1. The number of ketones is 2. The van der Waals surface area contributed by atoms with E-state index in [1.165, 1.54) is 6.39 Å². The molecule has 39 heavy (non-hydrogen) atoms. The Labute approximate surface area is 233 Å². The fourth-order valence-electron chi connectivity index (χ4n) is 9.79. The van der Waals surface area contributed by atoms with Crippen LogP contribution in [0, 0.1) is 50.2 Å². The second kappa shape index (κ2) is 8.72. The first-order valence-electron chi connectivity index (χ1n) is 14.7. The lowest BCUT2D eigenvalue weighted by Gasteiger charge is -2.65. The number of nitrogens with zero attached hydrogens (tertiary/aromatic N) is 3. The van der Waals surface area contributed by atoms with Gasteiger partial charge < -0.3 is 4.42 Å². The van der Waals surface area contributed by atoms with E-state index in [-0.39, 0.29) is 44.7 Å². The summed E-state index contributed by atoms with van der Waals surface area (Å²) >= 11 is 0. The predicted molar refractivity (Wildman–Crippen MR) is 149 cm³/mol. The van der Waals surface area contributed by atoms with Crippen molar-refractivity contribution in [1.82, 2.24) is 10.2 Å². The van der Waals surface area contributed by atoms with Crippen molar-refractivity contribution in [2.45, 2.75) is 112 Å². The number of carbonyl (C=O) groups excluding carboxylic acids is 2. The molecule has 0 saturated heterocycles. The zero-order chi connectivity index (χ0) is 28.6. The zero-order valence-corrected chi connectivity index (χ0v) is 25.1. The predicted octanol–water partition coefficient (Wildman–Crippen LogP) is 7.32. The van der Waals surface area contributed by atoms with Crippen molar-refractivity contribution in [2.24, 2.45) is 38.9 Å². The maximum absolute atomic E-state index is 13.3. The zero-order valence-electron chi connectivity index (χ0n) is 25.1. The molecular weight excluding hydrogens is 486 g/mol. The van der Waals surface area contributed by atoms with Gasteiger partial charge >= 0.3 is 0 Å². The molecule has 1 unspecified atom stereocenters. The molecule has 3 fully saturated rings. The average molecular weight is 532 g/mol. The van der Waals surface area contributed by atoms with E-state index in [1.54, 1.807) is 6.92 Å². The quantitative estimate of drug-likeness (QED) is 0.379. The Morgan fingerprint density at radius 3 is 2.36 bits per heavy atom. The summed E-state index contributed by atoms with van der Waals surface area (Å²) in [6.07, 6.45) is 13.3. The molecule has 0 radical (unpaired) electrons. The smallest absolute Gasteiger partial charge is 0.222 e. The highest BCUT2D eigenvalue weighted by atomic mass is 16.4. The molecule has 210 valence electrons. The number of allylic oxidation sites excluding steroid dienone is 4. The lowest BCUT2D eigenvalue weighted by Crippen LogP contribution is -2.59. The van der Waals surface area contributed by atoms with Gasteiger partial charge in [0.15, 0.2) is 11.6 Å². The maximum atomic E-state index is 13.3. The summed E-state index contributed by atoms with van der Waals surface area (Å²) in [5.74, 6) is 1.18. The van der Waals surface area contributed by atoms with Gasteiger partial charge in [0.1, 0.15) is 6.07 Å². The van der Waals surface area contributed by atoms with Gasteiger partial charge in [-0.1, -0.05) is 60.1 Å². The van der Waals surface area contributed by atoms with Crippen LogP contribution >= 0.6 is 0 Å². The van der Waals surface area contributed by atoms with Crippen LogP contribution in [0.25, 0.3) is 0 Å². The molecule has 1 aromatic rings. The van der Waals surface area contributed by atoms with Crippen LogP contribution in [0.1, 0.15) is 113 Å². The first-order valence-corrected chi connectivity index (χ1v) is 14.7.